The first kappa shape index (κ1) is 19.4. The third-order valence-electron chi connectivity index (χ3n) is 5.16. The Bertz CT molecular complexity index is 756. The largest absolute Gasteiger partial charge is 0.328 e. The lowest BCUT2D eigenvalue weighted by Crippen LogP contribution is -2.40. The Kier molecular flexibility index (Phi) is 6.46. The number of hydrogen-bond donors (Lipinski definition) is 2. The van der Waals surface area contributed by atoms with Crippen molar-refractivity contribution >= 4 is 5.69 Å². The number of aryl methyl sites for hydroxylation is 1. The SMILES string of the molecule is CCCCn1nnnc1C(NC1CCC(N)CC1)c1ccccc1[N+](=O)[O-]. The molecule has 3 N–H and O–H groups in total. The smallest absolute Gasteiger partial charge is 0.274 e. The maximum absolute atomic E-state index is 11.6. The molecule has 1 aromatic carbocycles. The van der Waals surface area contributed by atoms with Gasteiger partial charge in [-0.1, -0.05) is 31.5 Å². The molecular weight excluding hydrogens is 346 g/mol. The highest BCUT2D eigenvalue weighted by atomic mass is 16.6. The van der Waals surface area contributed by atoms with Crippen molar-refractivity contribution in [3.63, 3.8) is 0 Å². The predicted molar refractivity (Wildman–Crippen MR) is 101 cm³/mol. The van der Waals surface area contributed by atoms with E-state index in [0.29, 0.717) is 17.9 Å². The van der Waals surface area contributed by atoms with Gasteiger partial charge in [0.15, 0.2) is 5.82 Å². The summed E-state index contributed by atoms with van der Waals surface area (Å²) >= 11 is 0. The second kappa shape index (κ2) is 9.01. The van der Waals surface area contributed by atoms with Gasteiger partial charge in [-0.15, -0.1) is 5.10 Å². The molecule has 0 radical (unpaired) electrons. The first-order valence-corrected chi connectivity index (χ1v) is 9.61. The normalized spacial score (nSPS) is 21.1. The lowest BCUT2D eigenvalue weighted by Gasteiger charge is -2.30. The fourth-order valence-corrected chi connectivity index (χ4v) is 3.61. The van der Waals surface area contributed by atoms with Crippen LogP contribution < -0.4 is 11.1 Å². The Balaban J connectivity index is 1.95. The minimum Gasteiger partial charge on any atom is -0.328 e. The minimum absolute atomic E-state index is 0.0764. The molecule has 1 unspecified atom stereocenters. The van der Waals surface area contributed by atoms with E-state index in [4.69, 9.17) is 5.73 Å². The molecule has 0 aliphatic heterocycles. The maximum atomic E-state index is 11.6. The van der Waals surface area contributed by atoms with E-state index in [1.165, 1.54) is 6.07 Å². The highest BCUT2D eigenvalue weighted by molar-refractivity contribution is 5.44. The molecule has 146 valence electrons. The van der Waals surface area contributed by atoms with E-state index in [1.54, 1.807) is 16.8 Å². The standard InChI is InChI=1S/C18H27N7O2/c1-2-3-12-24-18(21-22-23-24)17(20-14-10-8-13(19)9-11-14)15-6-4-5-7-16(15)25(26)27/h4-7,13-14,17,20H,2-3,8-12,19H2,1H3. The van der Waals surface area contributed by atoms with Crippen LogP contribution in [0.4, 0.5) is 5.69 Å². The minimum atomic E-state index is -0.433. The summed E-state index contributed by atoms with van der Waals surface area (Å²) in [5, 5.41) is 27.3. The molecule has 1 saturated carbocycles. The second-order valence-corrected chi connectivity index (χ2v) is 7.14. The van der Waals surface area contributed by atoms with E-state index in [2.05, 4.69) is 27.8 Å². The summed E-state index contributed by atoms with van der Waals surface area (Å²) in [6, 6.07) is 6.84. The molecule has 1 aliphatic carbocycles. The lowest BCUT2D eigenvalue weighted by atomic mass is 9.90. The number of benzene rings is 1. The maximum Gasteiger partial charge on any atom is 0.274 e. The number of aromatic nitrogens is 4. The zero-order valence-electron chi connectivity index (χ0n) is 15.6. The second-order valence-electron chi connectivity index (χ2n) is 7.14. The van der Waals surface area contributed by atoms with Crippen LogP contribution in [-0.4, -0.2) is 37.2 Å². The molecule has 27 heavy (non-hydrogen) atoms. The third kappa shape index (κ3) is 4.67. The van der Waals surface area contributed by atoms with Gasteiger partial charge in [0, 0.05) is 24.7 Å². The Labute approximate surface area is 158 Å². The van der Waals surface area contributed by atoms with Crippen LogP contribution in [-0.2, 0) is 6.54 Å². The third-order valence-corrected chi connectivity index (χ3v) is 5.16. The van der Waals surface area contributed by atoms with E-state index in [-0.39, 0.29) is 22.7 Å². The zero-order chi connectivity index (χ0) is 19.2. The molecule has 0 spiro atoms. The topological polar surface area (TPSA) is 125 Å². The van der Waals surface area contributed by atoms with Gasteiger partial charge >= 0.3 is 0 Å². The number of nitro groups is 1. The summed E-state index contributed by atoms with van der Waals surface area (Å²) in [6.07, 6.45) is 5.73. The van der Waals surface area contributed by atoms with Crippen LogP contribution in [0, 0.1) is 10.1 Å². The van der Waals surface area contributed by atoms with Gasteiger partial charge < -0.3 is 11.1 Å². The van der Waals surface area contributed by atoms with Crippen molar-refractivity contribution in [1.82, 2.24) is 25.5 Å². The van der Waals surface area contributed by atoms with Gasteiger partial charge in [0.1, 0.15) is 6.04 Å². The van der Waals surface area contributed by atoms with E-state index in [1.807, 2.05) is 6.07 Å². The van der Waals surface area contributed by atoms with Gasteiger partial charge in [0.2, 0.25) is 0 Å². The average Bonchev–Trinajstić information content (AvgIpc) is 3.14. The number of para-hydroxylation sites is 1. The number of tetrazole rings is 1. The van der Waals surface area contributed by atoms with E-state index in [9.17, 15) is 10.1 Å². The van der Waals surface area contributed by atoms with E-state index >= 15 is 0 Å². The number of nitrogens with one attached hydrogen (secondary N) is 1. The molecule has 1 aromatic heterocycles. The van der Waals surface area contributed by atoms with Crippen LogP contribution in [0.5, 0.6) is 0 Å². The molecule has 2 aromatic rings. The predicted octanol–water partition coefficient (Wildman–Crippen LogP) is 2.33. The van der Waals surface area contributed by atoms with Gasteiger partial charge in [-0.25, -0.2) is 4.68 Å². The molecule has 9 heteroatoms. The van der Waals surface area contributed by atoms with Crippen LogP contribution >= 0.6 is 0 Å². The number of nitro benzene ring substituents is 1. The van der Waals surface area contributed by atoms with Crippen LogP contribution in [0.25, 0.3) is 0 Å². The van der Waals surface area contributed by atoms with Gasteiger partial charge in [0.25, 0.3) is 5.69 Å². The molecule has 1 aliphatic rings. The van der Waals surface area contributed by atoms with Crippen molar-refractivity contribution in [3.05, 3.63) is 45.8 Å². The highest BCUT2D eigenvalue weighted by Crippen LogP contribution is 2.31. The molecule has 3 rings (SSSR count). The van der Waals surface area contributed by atoms with E-state index < -0.39 is 6.04 Å². The summed E-state index contributed by atoms with van der Waals surface area (Å²) in [4.78, 5) is 11.2. The lowest BCUT2D eigenvalue weighted by molar-refractivity contribution is -0.385. The van der Waals surface area contributed by atoms with E-state index in [0.717, 1.165) is 38.5 Å². The number of rotatable bonds is 8. The summed E-state index contributed by atoms with van der Waals surface area (Å²) < 4.78 is 1.76. The molecule has 9 nitrogen and oxygen atoms in total. The number of unbranched alkanes of at least 4 members (excludes halogenated alkanes) is 1. The Morgan fingerprint density at radius 1 is 1.33 bits per heavy atom. The number of hydrogen-bond acceptors (Lipinski definition) is 7. The molecule has 1 fully saturated rings. The van der Waals surface area contributed by atoms with Gasteiger partial charge in [-0.3, -0.25) is 10.1 Å². The fraction of sp³-hybridized carbons (Fsp3) is 0.611. The first-order valence-electron chi connectivity index (χ1n) is 9.61. The van der Waals surface area contributed by atoms with Crippen LogP contribution in [0.3, 0.4) is 0 Å². The molecule has 0 bridgehead atoms. The highest BCUT2D eigenvalue weighted by Gasteiger charge is 2.31. The number of nitrogens with two attached hydrogens (primary N) is 1. The summed E-state index contributed by atoms with van der Waals surface area (Å²) in [7, 11) is 0. The van der Waals surface area contributed by atoms with Crippen molar-refractivity contribution < 1.29 is 4.92 Å². The van der Waals surface area contributed by atoms with Crippen LogP contribution in [0.15, 0.2) is 24.3 Å². The van der Waals surface area contributed by atoms with Crippen molar-refractivity contribution in [3.8, 4) is 0 Å². The molecular formula is C18H27N7O2. The Hall–Kier alpha value is -2.39. The molecule has 0 amide bonds. The van der Waals surface area contributed by atoms with Crippen molar-refractivity contribution in [2.45, 2.75) is 70.1 Å². The fourth-order valence-electron chi connectivity index (χ4n) is 3.61. The van der Waals surface area contributed by atoms with Gasteiger partial charge in [-0.05, 0) is 42.5 Å². The van der Waals surface area contributed by atoms with Crippen molar-refractivity contribution in [1.29, 1.82) is 0 Å². The Morgan fingerprint density at radius 2 is 2.07 bits per heavy atom. The molecule has 1 atom stereocenters. The summed E-state index contributed by atoms with van der Waals surface area (Å²) in [5.74, 6) is 0.618. The first-order chi connectivity index (χ1) is 13.1. The monoisotopic (exact) mass is 373 g/mol. The number of nitrogens with zero attached hydrogens (tertiary/aromatic N) is 5. The summed E-state index contributed by atoms with van der Waals surface area (Å²) in [6.45, 7) is 2.79. The summed E-state index contributed by atoms with van der Waals surface area (Å²) in [5.41, 5.74) is 6.69. The Morgan fingerprint density at radius 3 is 2.78 bits per heavy atom. The van der Waals surface area contributed by atoms with Crippen LogP contribution in [0.2, 0.25) is 0 Å². The molecule has 1 heterocycles. The molecule has 0 saturated heterocycles. The van der Waals surface area contributed by atoms with Gasteiger partial charge in [0.05, 0.1) is 10.5 Å². The van der Waals surface area contributed by atoms with Crippen molar-refractivity contribution in [2.24, 2.45) is 5.73 Å². The average molecular weight is 373 g/mol. The quantitative estimate of drug-likeness (QED) is 0.537. The zero-order valence-corrected chi connectivity index (χ0v) is 15.6. The van der Waals surface area contributed by atoms with Crippen molar-refractivity contribution in [2.75, 3.05) is 0 Å². The van der Waals surface area contributed by atoms with Crippen LogP contribution in [0.1, 0.15) is 62.9 Å². The van der Waals surface area contributed by atoms with Gasteiger partial charge in [-0.2, -0.15) is 0 Å².